The van der Waals surface area contributed by atoms with E-state index in [2.05, 4.69) is 12.2 Å². The van der Waals surface area contributed by atoms with Crippen molar-refractivity contribution in [3.05, 3.63) is 12.2 Å². The summed E-state index contributed by atoms with van der Waals surface area (Å²) < 4.78 is 4.72. The molecule has 0 bridgehead atoms. The van der Waals surface area contributed by atoms with Crippen LogP contribution in [0.3, 0.4) is 0 Å². The molecule has 17 heavy (non-hydrogen) atoms. The number of allylic oxidation sites excluding steroid dienone is 2. The lowest BCUT2D eigenvalue weighted by atomic mass is 9.73. The Hall–Kier alpha value is -1.32. The summed E-state index contributed by atoms with van der Waals surface area (Å²) in [5.74, 6) is -0.995. The molecule has 0 saturated carbocycles. The number of hydrogen-bond acceptors (Lipinski definition) is 3. The first-order chi connectivity index (χ1) is 8.08. The van der Waals surface area contributed by atoms with E-state index in [1.54, 1.807) is 0 Å². The third-order valence-corrected chi connectivity index (χ3v) is 3.31. The second kappa shape index (κ2) is 6.42. The van der Waals surface area contributed by atoms with Gasteiger partial charge in [0.2, 0.25) is 0 Å². The van der Waals surface area contributed by atoms with Crippen LogP contribution in [0, 0.1) is 5.41 Å². The van der Waals surface area contributed by atoms with Crippen LogP contribution in [-0.2, 0) is 14.3 Å². The lowest BCUT2D eigenvalue weighted by molar-refractivity contribution is -0.143. The summed E-state index contributed by atoms with van der Waals surface area (Å²) in [4.78, 5) is 21.9. The maximum Gasteiger partial charge on any atom is 0.306 e. The minimum absolute atomic E-state index is 0.163. The van der Waals surface area contributed by atoms with E-state index in [0.29, 0.717) is 12.8 Å². The Bertz CT molecular complexity index is 309. The molecule has 4 heteroatoms. The van der Waals surface area contributed by atoms with E-state index in [0.717, 1.165) is 25.7 Å². The van der Waals surface area contributed by atoms with E-state index < -0.39 is 5.97 Å². The van der Waals surface area contributed by atoms with Gasteiger partial charge >= 0.3 is 11.9 Å². The average Bonchev–Trinajstić information content (AvgIpc) is 2.29. The van der Waals surface area contributed by atoms with Crippen molar-refractivity contribution in [3.8, 4) is 0 Å². The molecule has 0 saturated heterocycles. The Labute approximate surface area is 102 Å². The van der Waals surface area contributed by atoms with Gasteiger partial charge in [0.05, 0.1) is 13.5 Å². The van der Waals surface area contributed by atoms with Gasteiger partial charge in [-0.05, 0) is 37.5 Å². The predicted octanol–water partition coefficient (Wildman–Crippen LogP) is 2.53. The molecule has 1 aliphatic carbocycles. The van der Waals surface area contributed by atoms with Crippen molar-refractivity contribution >= 4 is 11.9 Å². The molecule has 0 spiro atoms. The first-order valence-electron chi connectivity index (χ1n) is 6.04. The Morgan fingerprint density at radius 3 is 2.76 bits per heavy atom. The summed E-state index contributed by atoms with van der Waals surface area (Å²) in [6.45, 7) is 0. The molecule has 1 atom stereocenters. The predicted molar refractivity (Wildman–Crippen MR) is 63.5 cm³/mol. The van der Waals surface area contributed by atoms with Gasteiger partial charge in [0.25, 0.3) is 0 Å². The van der Waals surface area contributed by atoms with Crippen molar-refractivity contribution < 1.29 is 19.4 Å². The molecule has 1 rings (SSSR count). The minimum Gasteiger partial charge on any atom is -0.481 e. The third-order valence-electron chi connectivity index (χ3n) is 3.31. The zero-order valence-corrected chi connectivity index (χ0v) is 10.3. The van der Waals surface area contributed by atoms with Crippen LogP contribution < -0.4 is 0 Å². The van der Waals surface area contributed by atoms with Gasteiger partial charge in [-0.2, -0.15) is 0 Å². The standard InChI is InChI=1S/C13H20O4/c1-17-12(16)10-13(7-3-2-4-8-13)9-5-6-11(14)15/h3,7H,2,4-6,8-10H2,1H3,(H,14,15). The Balaban J connectivity index is 2.58. The molecule has 1 N–H and O–H groups in total. The van der Waals surface area contributed by atoms with Crippen LogP contribution in [0.1, 0.15) is 44.9 Å². The van der Waals surface area contributed by atoms with E-state index in [4.69, 9.17) is 9.84 Å². The number of methoxy groups -OCH3 is 1. The van der Waals surface area contributed by atoms with Crippen molar-refractivity contribution in [1.29, 1.82) is 0 Å². The molecule has 0 aromatic rings. The highest BCUT2D eigenvalue weighted by molar-refractivity contribution is 5.70. The Morgan fingerprint density at radius 2 is 2.24 bits per heavy atom. The Morgan fingerprint density at radius 1 is 1.47 bits per heavy atom. The molecule has 96 valence electrons. The van der Waals surface area contributed by atoms with Crippen LogP contribution in [-0.4, -0.2) is 24.2 Å². The van der Waals surface area contributed by atoms with Crippen LogP contribution in [0.15, 0.2) is 12.2 Å². The fourth-order valence-corrected chi connectivity index (χ4v) is 2.38. The molecule has 0 amide bonds. The number of rotatable bonds is 6. The van der Waals surface area contributed by atoms with Gasteiger partial charge in [-0.1, -0.05) is 12.2 Å². The number of esters is 1. The fraction of sp³-hybridized carbons (Fsp3) is 0.692. The minimum atomic E-state index is -0.780. The van der Waals surface area contributed by atoms with Crippen LogP contribution in [0.2, 0.25) is 0 Å². The average molecular weight is 240 g/mol. The van der Waals surface area contributed by atoms with Gasteiger partial charge in [-0.25, -0.2) is 0 Å². The number of aliphatic carboxylic acids is 1. The van der Waals surface area contributed by atoms with Gasteiger partial charge in [-0.3, -0.25) is 9.59 Å². The SMILES string of the molecule is COC(=O)CC1(CCCC(=O)O)C=CCCC1. The number of carboxylic acids is 1. The molecule has 0 aromatic heterocycles. The van der Waals surface area contributed by atoms with Crippen molar-refractivity contribution in [2.24, 2.45) is 5.41 Å². The number of carboxylic acid groups (broad SMARTS) is 1. The van der Waals surface area contributed by atoms with Gasteiger partial charge in [0, 0.05) is 6.42 Å². The Kier molecular flexibility index (Phi) is 5.19. The largest absolute Gasteiger partial charge is 0.481 e. The summed E-state index contributed by atoms with van der Waals surface area (Å²) in [5.41, 5.74) is -0.180. The quantitative estimate of drug-likeness (QED) is 0.572. The summed E-state index contributed by atoms with van der Waals surface area (Å²) in [5, 5.41) is 8.65. The maximum absolute atomic E-state index is 11.4. The van der Waals surface area contributed by atoms with E-state index in [1.165, 1.54) is 7.11 Å². The number of carbonyl (C=O) groups is 2. The van der Waals surface area contributed by atoms with Gasteiger partial charge < -0.3 is 9.84 Å². The fourth-order valence-electron chi connectivity index (χ4n) is 2.38. The van der Waals surface area contributed by atoms with E-state index >= 15 is 0 Å². The summed E-state index contributed by atoms with van der Waals surface area (Å²) in [7, 11) is 1.39. The molecule has 0 aromatic carbocycles. The summed E-state index contributed by atoms with van der Waals surface area (Å²) in [6.07, 6.45) is 9.08. The number of hydrogen-bond donors (Lipinski definition) is 1. The van der Waals surface area contributed by atoms with Crippen molar-refractivity contribution in [3.63, 3.8) is 0 Å². The van der Waals surface area contributed by atoms with Gasteiger partial charge in [-0.15, -0.1) is 0 Å². The molecular weight excluding hydrogens is 220 g/mol. The molecule has 4 nitrogen and oxygen atoms in total. The highest BCUT2D eigenvalue weighted by atomic mass is 16.5. The molecule has 0 radical (unpaired) electrons. The molecular formula is C13H20O4. The van der Waals surface area contributed by atoms with Gasteiger partial charge in [0.1, 0.15) is 0 Å². The second-order valence-electron chi connectivity index (χ2n) is 4.66. The van der Waals surface area contributed by atoms with Crippen LogP contribution in [0.4, 0.5) is 0 Å². The molecule has 1 aliphatic rings. The van der Waals surface area contributed by atoms with Crippen molar-refractivity contribution in [2.45, 2.75) is 44.9 Å². The second-order valence-corrected chi connectivity index (χ2v) is 4.66. The monoisotopic (exact) mass is 240 g/mol. The molecule has 0 fully saturated rings. The zero-order chi connectivity index (χ0) is 12.7. The van der Waals surface area contributed by atoms with E-state index in [-0.39, 0.29) is 17.8 Å². The van der Waals surface area contributed by atoms with Crippen LogP contribution in [0.5, 0.6) is 0 Å². The van der Waals surface area contributed by atoms with Crippen molar-refractivity contribution in [1.82, 2.24) is 0 Å². The first kappa shape index (κ1) is 13.7. The van der Waals surface area contributed by atoms with E-state index in [1.807, 2.05) is 0 Å². The molecule has 1 unspecified atom stereocenters. The summed E-state index contributed by atoms with van der Waals surface area (Å²) >= 11 is 0. The van der Waals surface area contributed by atoms with Crippen molar-refractivity contribution in [2.75, 3.05) is 7.11 Å². The van der Waals surface area contributed by atoms with Crippen LogP contribution in [0.25, 0.3) is 0 Å². The van der Waals surface area contributed by atoms with Gasteiger partial charge in [0.15, 0.2) is 0 Å². The topological polar surface area (TPSA) is 63.6 Å². The number of carbonyl (C=O) groups excluding carboxylic acids is 1. The molecule has 0 aliphatic heterocycles. The number of ether oxygens (including phenoxy) is 1. The maximum atomic E-state index is 11.4. The lowest BCUT2D eigenvalue weighted by Crippen LogP contribution is -2.25. The zero-order valence-electron chi connectivity index (χ0n) is 10.3. The van der Waals surface area contributed by atoms with E-state index in [9.17, 15) is 9.59 Å². The highest BCUT2D eigenvalue weighted by Crippen LogP contribution is 2.39. The van der Waals surface area contributed by atoms with Crippen LogP contribution >= 0.6 is 0 Å². The highest BCUT2D eigenvalue weighted by Gasteiger charge is 2.31. The summed E-state index contributed by atoms with van der Waals surface area (Å²) in [6, 6.07) is 0. The smallest absolute Gasteiger partial charge is 0.306 e. The normalized spacial score (nSPS) is 23.4. The first-order valence-corrected chi connectivity index (χ1v) is 6.04. The lowest BCUT2D eigenvalue weighted by Gasteiger charge is -2.32. The molecule has 0 heterocycles. The third kappa shape index (κ3) is 4.59.